The summed E-state index contributed by atoms with van der Waals surface area (Å²) in [5.74, 6) is 0.474. The normalized spacial score (nSPS) is 20.9. The standard InChI is InChI=1S/C14H17BrF3NO/c1-10-3-2-6-19(8-10)9-11-7-12(15)4-5-13(11)20-14(16,17)18/h4-5,7,10H,2-3,6,8-9H2,1H3. The number of benzene rings is 1. The van der Waals surface area contributed by atoms with Crippen molar-refractivity contribution in [3.63, 3.8) is 0 Å². The van der Waals surface area contributed by atoms with Crippen LogP contribution in [0.1, 0.15) is 25.3 Å². The predicted octanol–water partition coefficient (Wildman–Crippen LogP) is 4.58. The lowest BCUT2D eigenvalue weighted by molar-refractivity contribution is -0.275. The Bertz CT molecular complexity index is 464. The van der Waals surface area contributed by atoms with Gasteiger partial charge in [0.2, 0.25) is 0 Å². The number of alkyl halides is 3. The first kappa shape index (κ1) is 15.6. The Labute approximate surface area is 125 Å². The fourth-order valence-electron chi connectivity index (χ4n) is 2.57. The van der Waals surface area contributed by atoms with Crippen LogP contribution in [0.15, 0.2) is 22.7 Å². The highest BCUT2D eigenvalue weighted by atomic mass is 79.9. The maximum Gasteiger partial charge on any atom is 0.573 e. The molecule has 0 bridgehead atoms. The molecule has 20 heavy (non-hydrogen) atoms. The van der Waals surface area contributed by atoms with Crippen LogP contribution in [0.5, 0.6) is 5.75 Å². The number of piperidine rings is 1. The van der Waals surface area contributed by atoms with E-state index in [1.54, 1.807) is 12.1 Å². The second kappa shape index (κ2) is 6.35. The Morgan fingerprint density at radius 3 is 2.80 bits per heavy atom. The number of rotatable bonds is 3. The van der Waals surface area contributed by atoms with Gasteiger partial charge in [0, 0.05) is 23.1 Å². The van der Waals surface area contributed by atoms with Gasteiger partial charge in [-0.15, -0.1) is 13.2 Å². The minimum absolute atomic E-state index is 0.112. The third kappa shape index (κ3) is 4.66. The molecule has 6 heteroatoms. The van der Waals surface area contributed by atoms with Gasteiger partial charge >= 0.3 is 6.36 Å². The van der Waals surface area contributed by atoms with Crippen LogP contribution < -0.4 is 4.74 Å². The molecule has 0 amide bonds. The first-order valence-electron chi connectivity index (χ1n) is 6.60. The molecule has 1 atom stereocenters. The van der Waals surface area contributed by atoms with Crippen molar-refractivity contribution < 1.29 is 17.9 Å². The fourth-order valence-corrected chi connectivity index (χ4v) is 2.98. The van der Waals surface area contributed by atoms with E-state index < -0.39 is 6.36 Å². The number of hydrogen-bond acceptors (Lipinski definition) is 2. The van der Waals surface area contributed by atoms with Crippen molar-refractivity contribution in [1.29, 1.82) is 0 Å². The van der Waals surface area contributed by atoms with Gasteiger partial charge in [-0.3, -0.25) is 4.90 Å². The number of ether oxygens (including phenoxy) is 1. The number of likely N-dealkylation sites (tertiary alicyclic amines) is 1. The van der Waals surface area contributed by atoms with Gasteiger partial charge < -0.3 is 4.74 Å². The molecule has 1 aromatic carbocycles. The van der Waals surface area contributed by atoms with Crippen LogP contribution >= 0.6 is 15.9 Å². The van der Waals surface area contributed by atoms with E-state index in [-0.39, 0.29) is 5.75 Å². The quantitative estimate of drug-likeness (QED) is 0.790. The summed E-state index contributed by atoms with van der Waals surface area (Å²) in [4.78, 5) is 2.18. The van der Waals surface area contributed by atoms with Gasteiger partial charge in [0.25, 0.3) is 0 Å². The molecule has 1 unspecified atom stereocenters. The summed E-state index contributed by atoms with van der Waals surface area (Å²) in [6.07, 6.45) is -2.39. The summed E-state index contributed by atoms with van der Waals surface area (Å²) in [5, 5.41) is 0. The van der Waals surface area contributed by atoms with Crippen molar-refractivity contribution in [2.45, 2.75) is 32.7 Å². The third-order valence-corrected chi connectivity index (χ3v) is 3.88. The zero-order chi connectivity index (χ0) is 14.8. The van der Waals surface area contributed by atoms with Crippen molar-refractivity contribution in [2.75, 3.05) is 13.1 Å². The average molecular weight is 352 g/mol. The zero-order valence-electron chi connectivity index (χ0n) is 11.2. The van der Waals surface area contributed by atoms with Crippen LogP contribution in [0.25, 0.3) is 0 Å². The molecular formula is C14H17BrF3NO. The fraction of sp³-hybridized carbons (Fsp3) is 0.571. The molecule has 1 aliphatic rings. The first-order chi connectivity index (χ1) is 9.33. The lowest BCUT2D eigenvalue weighted by atomic mass is 10.00. The van der Waals surface area contributed by atoms with Crippen molar-refractivity contribution >= 4 is 15.9 Å². The van der Waals surface area contributed by atoms with E-state index in [4.69, 9.17) is 0 Å². The molecule has 1 fully saturated rings. The second-order valence-electron chi connectivity index (χ2n) is 5.28. The highest BCUT2D eigenvalue weighted by Crippen LogP contribution is 2.30. The molecule has 0 radical (unpaired) electrons. The van der Waals surface area contributed by atoms with Crippen LogP contribution in [-0.4, -0.2) is 24.4 Å². The van der Waals surface area contributed by atoms with Crippen LogP contribution in [0.4, 0.5) is 13.2 Å². The minimum Gasteiger partial charge on any atom is -0.405 e. The monoisotopic (exact) mass is 351 g/mol. The molecule has 2 rings (SSSR count). The Hall–Kier alpha value is -0.750. The topological polar surface area (TPSA) is 12.5 Å². The Morgan fingerprint density at radius 2 is 2.15 bits per heavy atom. The van der Waals surface area contributed by atoms with Gasteiger partial charge in [0.1, 0.15) is 5.75 Å². The van der Waals surface area contributed by atoms with E-state index >= 15 is 0 Å². The Balaban J connectivity index is 2.14. The van der Waals surface area contributed by atoms with Gasteiger partial charge in [-0.25, -0.2) is 0 Å². The van der Waals surface area contributed by atoms with Crippen molar-refractivity contribution in [1.82, 2.24) is 4.90 Å². The molecule has 1 saturated heterocycles. The van der Waals surface area contributed by atoms with Crippen LogP contribution in [-0.2, 0) is 6.54 Å². The molecule has 2 nitrogen and oxygen atoms in total. The van der Waals surface area contributed by atoms with E-state index in [2.05, 4.69) is 32.5 Å². The zero-order valence-corrected chi connectivity index (χ0v) is 12.8. The molecule has 0 saturated carbocycles. The smallest absolute Gasteiger partial charge is 0.405 e. The maximum atomic E-state index is 12.4. The molecule has 0 aliphatic carbocycles. The van der Waals surface area contributed by atoms with Crippen molar-refractivity contribution in [3.05, 3.63) is 28.2 Å². The second-order valence-corrected chi connectivity index (χ2v) is 6.20. The summed E-state index contributed by atoms with van der Waals surface area (Å²) in [6.45, 7) is 4.48. The third-order valence-electron chi connectivity index (χ3n) is 3.38. The minimum atomic E-state index is -4.65. The van der Waals surface area contributed by atoms with Gasteiger partial charge in [0.05, 0.1) is 0 Å². The molecule has 0 N–H and O–H groups in total. The predicted molar refractivity (Wildman–Crippen MR) is 74.5 cm³/mol. The molecule has 0 spiro atoms. The molecule has 1 aliphatic heterocycles. The van der Waals surface area contributed by atoms with Gasteiger partial charge in [-0.2, -0.15) is 0 Å². The van der Waals surface area contributed by atoms with E-state index in [9.17, 15) is 13.2 Å². The highest BCUT2D eigenvalue weighted by Gasteiger charge is 2.32. The van der Waals surface area contributed by atoms with Crippen LogP contribution in [0.2, 0.25) is 0 Å². The Morgan fingerprint density at radius 1 is 1.40 bits per heavy atom. The van der Waals surface area contributed by atoms with Crippen LogP contribution in [0.3, 0.4) is 0 Å². The molecule has 0 aromatic heterocycles. The van der Waals surface area contributed by atoms with Crippen molar-refractivity contribution in [2.24, 2.45) is 5.92 Å². The lowest BCUT2D eigenvalue weighted by Gasteiger charge is -2.31. The number of hydrogen-bond donors (Lipinski definition) is 0. The Kier molecular flexibility index (Phi) is 4.96. The van der Waals surface area contributed by atoms with E-state index in [0.29, 0.717) is 18.0 Å². The maximum absolute atomic E-state index is 12.4. The summed E-state index contributed by atoms with van der Waals surface area (Å²) >= 11 is 3.30. The van der Waals surface area contributed by atoms with E-state index in [1.165, 1.54) is 12.5 Å². The SMILES string of the molecule is CC1CCCN(Cc2cc(Br)ccc2OC(F)(F)F)C1. The summed E-state index contributed by atoms with van der Waals surface area (Å²) in [6, 6.07) is 4.62. The average Bonchev–Trinajstić information content (AvgIpc) is 2.31. The first-order valence-corrected chi connectivity index (χ1v) is 7.39. The molecule has 1 aromatic rings. The molecule has 1 heterocycles. The lowest BCUT2D eigenvalue weighted by Crippen LogP contribution is -2.34. The number of nitrogens with zero attached hydrogens (tertiary/aromatic N) is 1. The van der Waals surface area contributed by atoms with Gasteiger partial charge in [0.15, 0.2) is 0 Å². The van der Waals surface area contributed by atoms with E-state index in [1.807, 2.05) is 0 Å². The van der Waals surface area contributed by atoms with E-state index in [0.717, 1.165) is 24.0 Å². The molecule has 112 valence electrons. The summed E-state index contributed by atoms with van der Waals surface area (Å²) in [7, 11) is 0. The summed E-state index contributed by atoms with van der Waals surface area (Å²) < 4.78 is 42.1. The number of halogens is 4. The summed E-state index contributed by atoms with van der Waals surface area (Å²) in [5.41, 5.74) is 0.561. The highest BCUT2D eigenvalue weighted by molar-refractivity contribution is 9.10. The largest absolute Gasteiger partial charge is 0.573 e. The van der Waals surface area contributed by atoms with Gasteiger partial charge in [-0.05, 0) is 43.5 Å². The molecular weight excluding hydrogens is 335 g/mol. The van der Waals surface area contributed by atoms with Crippen LogP contribution in [0, 0.1) is 5.92 Å². The van der Waals surface area contributed by atoms with Crippen molar-refractivity contribution in [3.8, 4) is 5.75 Å². The van der Waals surface area contributed by atoms with Gasteiger partial charge in [-0.1, -0.05) is 22.9 Å².